The lowest BCUT2D eigenvalue weighted by molar-refractivity contribution is -0.113. The number of nitriles is 1. The van der Waals surface area contributed by atoms with E-state index in [-0.39, 0.29) is 5.91 Å². The molecule has 7 heteroatoms. The predicted molar refractivity (Wildman–Crippen MR) is 108 cm³/mol. The zero-order chi connectivity index (χ0) is 18.5. The zero-order valence-corrected chi connectivity index (χ0v) is 16.1. The van der Waals surface area contributed by atoms with Crippen molar-refractivity contribution in [1.29, 1.82) is 5.26 Å². The smallest absolute Gasteiger partial charge is 0.285 e. The summed E-state index contributed by atoms with van der Waals surface area (Å²) in [6.45, 7) is 2.64. The summed E-state index contributed by atoms with van der Waals surface area (Å²) in [6, 6.07) is 7.82. The Kier molecular flexibility index (Phi) is 5.96. The van der Waals surface area contributed by atoms with Gasteiger partial charge in [0.25, 0.3) is 5.91 Å². The van der Waals surface area contributed by atoms with Crippen LogP contribution in [0.15, 0.2) is 34.3 Å². The maximum atomic E-state index is 12.0. The van der Waals surface area contributed by atoms with E-state index < -0.39 is 0 Å². The second kappa shape index (κ2) is 8.39. The van der Waals surface area contributed by atoms with Gasteiger partial charge in [-0.05, 0) is 36.4 Å². The van der Waals surface area contributed by atoms with Gasteiger partial charge in [-0.2, -0.15) is 10.3 Å². The highest BCUT2D eigenvalue weighted by Gasteiger charge is 2.21. The number of aromatic nitrogens is 1. The van der Waals surface area contributed by atoms with Crippen LogP contribution in [-0.4, -0.2) is 28.1 Å². The van der Waals surface area contributed by atoms with E-state index in [4.69, 9.17) is 4.74 Å². The number of hydrogen-bond acceptors (Lipinski definition) is 6. The molecule has 0 fully saturated rings. The molecule has 0 radical (unpaired) electrons. The highest BCUT2D eigenvalue weighted by atomic mass is 32.2. The van der Waals surface area contributed by atoms with E-state index in [0.717, 1.165) is 33.7 Å². The third-order valence-electron chi connectivity index (χ3n) is 3.78. The Labute approximate surface area is 160 Å². The number of benzene rings is 1. The largest absolute Gasteiger partial charge is 0.491 e. The number of fused-ring (bicyclic) bond motifs is 1. The third-order valence-corrected chi connectivity index (χ3v) is 5.75. The van der Waals surface area contributed by atoms with Crippen molar-refractivity contribution < 1.29 is 9.53 Å². The number of aliphatic imine (C=N–C) groups is 1. The summed E-state index contributed by atoms with van der Waals surface area (Å²) in [5, 5.41) is 10.2. The van der Waals surface area contributed by atoms with Crippen molar-refractivity contribution in [3.63, 3.8) is 0 Å². The molecule has 0 unspecified atom stereocenters. The van der Waals surface area contributed by atoms with Gasteiger partial charge in [0.2, 0.25) is 0 Å². The van der Waals surface area contributed by atoms with Gasteiger partial charge in [0.05, 0.1) is 17.0 Å². The van der Waals surface area contributed by atoms with Gasteiger partial charge in [-0.15, -0.1) is 11.8 Å². The van der Waals surface area contributed by atoms with Gasteiger partial charge < -0.3 is 4.74 Å². The van der Waals surface area contributed by atoms with Crippen molar-refractivity contribution in [2.45, 2.75) is 19.8 Å². The summed E-state index contributed by atoms with van der Waals surface area (Å²) in [6.07, 6.45) is 7.18. The SMILES string of the molecule is CCCCOc1c(C#N)cnc2ccc(/C=C3/SC(SC)=NC3=O)cc12. The summed E-state index contributed by atoms with van der Waals surface area (Å²) in [5.74, 6) is 0.334. The Balaban J connectivity index is 2.00. The number of hydrogen-bond donors (Lipinski definition) is 0. The van der Waals surface area contributed by atoms with Crippen LogP contribution in [0.4, 0.5) is 0 Å². The van der Waals surface area contributed by atoms with Crippen molar-refractivity contribution in [3.05, 3.63) is 40.4 Å². The maximum Gasteiger partial charge on any atom is 0.285 e. The number of pyridine rings is 1. The molecule has 2 aromatic rings. The molecule has 0 saturated carbocycles. The highest BCUT2D eigenvalue weighted by Crippen LogP contribution is 2.34. The van der Waals surface area contributed by atoms with Crippen LogP contribution in [0.25, 0.3) is 17.0 Å². The molecule has 1 amide bonds. The fourth-order valence-electron chi connectivity index (χ4n) is 2.46. The van der Waals surface area contributed by atoms with Crippen LogP contribution in [0, 0.1) is 11.3 Å². The number of unbranched alkanes of at least 4 members (excludes halogenated alkanes) is 1. The van der Waals surface area contributed by atoms with E-state index in [1.54, 1.807) is 0 Å². The minimum Gasteiger partial charge on any atom is -0.491 e. The zero-order valence-electron chi connectivity index (χ0n) is 14.5. The fourth-order valence-corrected chi connectivity index (χ4v) is 3.88. The van der Waals surface area contributed by atoms with Crippen molar-refractivity contribution in [2.24, 2.45) is 4.99 Å². The molecular formula is C19H17N3O2S2. The van der Waals surface area contributed by atoms with Crippen LogP contribution in [-0.2, 0) is 4.79 Å². The van der Waals surface area contributed by atoms with Crippen LogP contribution in [0.3, 0.4) is 0 Å². The molecule has 0 aliphatic carbocycles. The Bertz CT molecular complexity index is 961. The van der Waals surface area contributed by atoms with Crippen molar-refractivity contribution in [2.75, 3.05) is 12.9 Å². The first-order valence-electron chi connectivity index (χ1n) is 8.18. The molecule has 1 aliphatic heterocycles. The van der Waals surface area contributed by atoms with Gasteiger partial charge in [-0.25, -0.2) is 0 Å². The molecule has 5 nitrogen and oxygen atoms in total. The molecule has 132 valence electrons. The standard InChI is InChI=1S/C19H17N3O2S2/c1-3-4-7-24-17-13(10-20)11-21-15-6-5-12(8-14(15)17)9-16-18(23)22-19(25-2)26-16/h5-6,8-9,11H,3-4,7H2,1-2H3/b16-9+. The average Bonchev–Trinajstić information content (AvgIpc) is 3.01. The quantitative estimate of drug-likeness (QED) is 0.554. The Morgan fingerprint density at radius 1 is 1.42 bits per heavy atom. The van der Waals surface area contributed by atoms with E-state index in [1.165, 1.54) is 29.7 Å². The Hall–Kier alpha value is -2.30. The molecule has 2 heterocycles. The summed E-state index contributed by atoms with van der Waals surface area (Å²) in [4.78, 5) is 20.9. The lowest BCUT2D eigenvalue weighted by Crippen LogP contribution is -2.00. The lowest BCUT2D eigenvalue weighted by Gasteiger charge is -2.11. The van der Waals surface area contributed by atoms with E-state index in [1.807, 2.05) is 30.5 Å². The second-order valence-electron chi connectivity index (χ2n) is 5.59. The minimum atomic E-state index is -0.220. The van der Waals surface area contributed by atoms with Crippen LogP contribution in [0.2, 0.25) is 0 Å². The van der Waals surface area contributed by atoms with Gasteiger partial charge >= 0.3 is 0 Å². The van der Waals surface area contributed by atoms with Crippen molar-refractivity contribution >= 4 is 50.8 Å². The molecule has 1 aromatic carbocycles. The molecule has 1 aliphatic rings. The van der Waals surface area contributed by atoms with Gasteiger partial charge in [0.15, 0.2) is 0 Å². The maximum absolute atomic E-state index is 12.0. The molecular weight excluding hydrogens is 366 g/mol. The van der Waals surface area contributed by atoms with Gasteiger partial charge in [0.1, 0.15) is 21.8 Å². The molecule has 3 rings (SSSR count). The number of nitrogens with zero attached hydrogens (tertiary/aromatic N) is 3. The molecule has 0 atom stereocenters. The number of ether oxygens (including phenoxy) is 1. The Morgan fingerprint density at radius 3 is 2.96 bits per heavy atom. The number of thioether (sulfide) groups is 2. The number of carbonyl (C=O) groups is 1. The first-order valence-corrected chi connectivity index (χ1v) is 10.2. The monoisotopic (exact) mass is 383 g/mol. The molecule has 0 saturated heterocycles. The van der Waals surface area contributed by atoms with E-state index >= 15 is 0 Å². The second-order valence-corrected chi connectivity index (χ2v) is 7.67. The first-order chi connectivity index (χ1) is 12.7. The first kappa shape index (κ1) is 18.5. The molecule has 1 aromatic heterocycles. The van der Waals surface area contributed by atoms with E-state index in [2.05, 4.69) is 23.0 Å². The van der Waals surface area contributed by atoms with Gasteiger partial charge in [0, 0.05) is 11.6 Å². The third kappa shape index (κ3) is 3.92. The molecule has 0 spiro atoms. The number of amides is 1. The predicted octanol–water partition coefficient (Wildman–Crippen LogP) is 4.62. The summed E-state index contributed by atoms with van der Waals surface area (Å²) >= 11 is 2.83. The number of rotatable bonds is 5. The average molecular weight is 383 g/mol. The summed E-state index contributed by atoms with van der Waals surface area (Å²) < 4.78 is 6.63. The van der Waals surface area contributed by atoms with Gasteiger partial charge in [-0.1, -0.05) is 31.2 Å². The normalized spacial score (nSPS) is 15.3. The molecule has 26 heavy (non-hydrogen) atoms. The summed E-state index contributed by atoms with van der Waals surface area (Å²) in [5.41, 5.74) is 2.02. The van der Waals surface area contributed by atoms with Gasteiger partial charge in [-0.3, -0.25) is 9.78 Å². The van der Waals surface area contributed by atoms with Crippen molar-refractivity contribution in [1.82, 2.24) is 4.98 Å². The van der Waals surface area contributed by atoms with Crippen LogP contribution in [0.1, 0.15) is 30.9 Å². The topological polar surface area (TPSA) is 75.3 Å². The molecule has 0 bridgehead atoms. The highest BCUT2D eigenvalue weighted by molar-refractivity contribution is 8.40. The van der Waals surface area contributed by atoms with Crippen LogP contribution in [0.5, 0.6) is 5.75 Å². The van der Waals surface area contributed by atoms with Crippen LogP contribution >= 0.6 is 23.5 Å². The Morgan fingerprint density at radius 2 is 2.27 bits per heavy atom. The van der Waals surface area contributed by atoms with E-state index in [0.29, 0.717) is 22.8 Å². The summed E-state index contributed by atoms with van der Waals surface area (Å²) in [7, 11) is 0. The van der Waals surface area contributed by atoms with Crippen LogP contribution < -0.4 is 4.74 Å². The van der Waals surface area contributed by atoms with Crippen molar-refractivity contribution in [3.8, 4) is 11.8 Å². The van der Waals surface area contributed by atoms with E-state index in [9.17, 15) is 10.1 Å². The molecule has 0 N–H and O–H groups in total. The lowest BCUT2D eigenvalue weighted by atomic mass is 10.1. The number of carbonyl (C=O) groups excluding carboxylic acids is 1. The minimum absolute atomic E-state index is 0.220. The fraction of sp³-hybridized carbons (Fsp3) is 0.263.